The van der Waals surface area contributed by atoms with Crippen molar-refractivity contribution in [2.24, 2.45) is 0 Å². The monoisotopic (exact) mass is 300 g/mol. The van der Waals surface area contributed by atoms with Gasteiger partial charge in [0.2, 0.25) is 5.09 Å². The van der Waals surface area contributed by atoms with Gasteiger partial charge in [-0.05, 0) is 37.8 Å². The summed E-state index contributed by atoms with van der Waals surface area (Å²) in [5.41, 5.74) is 0. The predicted molar refractivity (Wildman–Crippen MR) is 77.9 cm³/mol. The maximum absolute atomic E-state index is 12.5. The van der Waals surface area contributed by atoms with Crippen LogP contribution in [-0.4, -0.2) is 31.9 Å². The molecule has 114 valence electrons. The van der Waals surface area contributed by atoms with Crippen molar-refractivity contribution in [3.63, 3.8) is 0 Å². The number of hydrogen-bond acceptors (Lipinski definition) is 4. The van der Waals surface area contributed by atoms with Crippen molar-refractivity contribution in [3.05, 3.63) is 17.9 Å². The first kappa shape index (κ1) is 15.5. The molecular weight excluding hydrogens is 276 g/mol. The van der Waals surface area contributed by atoms with Crippen molar-refractivity contribution in [1.29, 1.82) is 0 Å². The lowest BCUT2D eigenvalue weighted by Crippen LogP contribution is -2.36. The van der Waals surface area contributed by atoms with E-state index in [9.17, 15) is 8.42 Å². The first-order valence-corrected chi connectivity index (χ1v) is 8.73. The van der Waals surface area contributed by atoms with E-state index in [1.54, 1.807) is 19.2 Å². The highest BCUT2D eigenvalue weighted by Crippen LogP contribution is 2.23. The highest BCUT2D eigenvalue weighted by atomic mass is 32.2. The highest BCUT2D eigenvalue weighted by molar-refractivity contribution is 7.89. The van der Waals surface area contributed by atoms with Gasteiger partial charge in [0.25, 0.3) is 10.0 Å². The summed E-state index contributed by atoms with van der Waals surface area (Å²) in [6, 6.07) is 3.88. The molecule has 1 aliphatic carbocycles. The van der Waals surface area contributed by atoms with Crippen LogP contribution in [0.15, 0.2) is 21.6 Å². The van der Waals surface area contributed by atoms with Gasteiger partial charge < -0.3 is 9.73 Å². The molecular formula is C14H24N2O3S. The molecule has 6 heteroatoms. The smallest absolute Gasteiger partial charge is 0.276 e. The Morgan fingerprint density at radius 2 is 2.00 bits per heavy atom. The Hall–Kier alpha value is -0.850. The number of sulfonamides is 1. The molecule has 5 nitrogen and oxygen atoms in total. The van der Waals surface area contributed by atoms with Gasteiger partial charge in [-0.1, -0.05) is 13.8 Å². The molecule has 0 amide bonds. The zero-order valence-electron chi connectivity index (χ0n) is 12.4. The first-order valence-electron chi connectivity index (χ1n) is 7.29. The van der Waals surface area contributed by atoms with Crippen molar-refractivity contribution in [3.8, 4) is 0 Å². The van der Waals surface area contributed by atoms with Crippen molar-refractivity contribution in [1.82, 2.24) is 9.62 Å². The molecule has 0 bridgehead atoms. The number of rotatable bonds is 8. The van der Waals surface area contributed by atoms with Gasteiger partial charge >= 0.3 is 0 Å². The fourth-order valence-electron chi connectivity index (χ4n) is 2.27. The lowest BCUT2D eigenvalue weighted by Gasteiger charge is -2.24. The lowest BCUT2D eigenvalue weighted by molar-refractivity contribution is 0.328. The second kappa shape index (κ2) is 6.28. The molecule has 1 saturated carbocycles. The minimum Gasteiger partial charge on any atom is -0.447 e. The van der Waals surface area contributed by atoms with Gasteiger partial charge in [0.15, 0.2) is 0 Å². The van der Waals surface area contributed by atoms with Crippen LogP contribution in [0.5, 0.6) is 0 Å². The second-order valence-electron chi connectivity index (χ2n) is 5.37. The van der Waals surface area contributed by atoms with Gasteiger partial charge in [0, 0.05) is 19.1 Å². The molecule has 2 rings (SSSR count). The molecule has 1 aliphatic rings. The number of nitrogens with zero attached hydrogens (tertiary/aromatic N) is 1. The zero-order chi connectivity index (χ0) is 14.8. The van der Waals surface area contributed by atoms with Gasteiger partial charge in [0.1, 0.15) is 5.76 Å². The summed E-state index contributed by atoms with van der Waals surface area (Å²) in [4.78, 5) is 0. The summed E-state index contributed by atoms with van der Waals surface area (Å²) < 4.78 is 31.8. The Kier molecular flexibility index (Phi) is 4.88. The summed E-state index contributed by atoms with van der Waals surface area (Å²) in [6.07, 6.45) is 3.98. The molecule has 0 atom stereocenters. The topological polar surface area (TPSA) is 62.6 Å². The third-order valence-electron chi connectivity index (χ3n) is 3.87. The van der Waals surface area contributed by atoms with Gasteiger partial charge in [-0.2, -0.15) is 4.31 Å². The van der Waals surface area contributed by atoms with Crippen molar-refractivity contribution in [2.75, 3.05) is 7.05 Å². The van der Waals surface area contributed by atoms with E-state index in [4.69, 9.17) is 4.42 Å². The third kappa shape index (κ3) is 3.42. The molecule has 1 aromatic heterocycles. The van der Waals surface area contributed by atoms with Crippen LogP contribution in [0.1, 0.15) is 45.3 Å². The van der Waals surface area contributed by atoms with Gasteiger partial charge in [-0.3, -0.25) is 0 Å². The molecule has 0 aliphatic heterocycles. The lowest BCUT2D eigenvalue weighted by atomic mass is 10.2. The molecule has 1 heterocycles. The summed E-state index contributed by atoms with van der Waals surface area (Å²) in [5.74, 6) is 0.674. The molecule has 1 fully saturated rings. The molecule has 0 radical (unpaired) electrons. The Morgan fingerprint density at radius 3 is 2.55 bits per heavy atom. The predicted octanol–water partition coefficient (Wildman–Crippen LogP) is 2.34. The van der Waals surface area contributed by atoms with Gasteiger partial charge in [-0.25, -0.2) is 8.42 Å². The first-order chi connectivity index (χ1) is 9.48. The third-order valence-corrected chi connectivity index (χ3v) is 5.65. The Labute approximate surface area is 121 Å². The minimum absolute atomic E-state index is 0.0122. The Morgan fingerprint density at radius 1 is 1.35 bits per heavy atom. The normalized spacial score (nSPS) is 16.2. The van der Waals surface area contributed by atoms with Crippen LogP contribution in [-0.2, 0) is 16.6 Å². The van der Waals surface area contributed by atoms with Crippen molar-refractivity contribution >= 4 is 10.0 Å². The standard InChI is InChI=1S/C14H24N2O3S/c1-4-12(5-2)16(3)20(17,18)14-9-8-13(19-14)10-15-11-6-7-11/h8-9,11-12,15H,4-7,10H2,1-3H3. The summed E-state index contributed by atoms with van der Waals surface area (Å²) in [5, 5.41) is 3.35. The van der Waals surface area contributed by atoms with Crippen LogP contribution < -0.4 is 5.32 Å². The van der Waals surface area contributed by atoms with Crippen LogP contribution in [0.3, 0.4) is 0 Å². The highest BCUT2D eigenvalue weighted by Gasteiger charge is 2.29. The molecule has 20 heavy (non-hydrogen) atoms. The Balaban J connectivity index is 2.07. The molecule has 0 spiro atoms. The van der Waals surface area contributed by atoms with Crippen LogP contribution >= 0.6 is 0 Å². The number of hydrogen-bond donors (Lipinski definition) is 1. The van der Waals surface area contributed by atoms with Crippen LogP contribution in [0, 0.1) is 0 Å². The van der Waals surface area contributed by atoms with Gasteiger partial charge in [0.05, 0.1) is 6.54 Å². The van der Waals surface area contributed by atoms with Gasteiger partial charge in [-0.15, -0.1) is 0 Å². The molecule has 1 N–H and O–H groups in total. The van der Waals surface area contributed by atoms with Crippen molar-refractivity contribution < 1.29 is 12.8 Å². The second-order valence-corrected chi connectivity index (χ2v) is 7.30. The number of nitrogens with one attached hydrogen (secondary N) is 1. The van der Waals surface area contributed by atoms with E-state index in [2.05, 4.69) is 5.32 Å². The van der Waals surface area contributed by atoms with E-state index < -0.39 is 10.0 Å². The van der Waals surface area contributed by atoms with E-state index in [1.807, 2.05) is 13.8 Å². The maximum Gasteiger partial charge on any atom is 0.276 e. The molecule has 1 aromatic rings. The molecule has 0 aromatic carbocycles. The average Bonchev–Trinajstić information content (AvgIpc) is 3.13. The van der Waals surface area contributed by atoms with E-state index >= 15 is 0 Å². The van der Waals surface area contributed by atoms with E-state index in [0.29, 0.717) is 18.3 Å². The fraction of sp³-hybridized carbons (Fsp3) is 0.714. The summed E-state index contributed by atoms with van der Waals surface area (Å²) >= 11 is 0. The maximum atomic E-state index is 12.5. The Bertz CT molecular complexity index is 530. The van der Waals surface area contributed by atoms with E-state index in [1.165, 1.54) is 17.1 Å². The van der Waals surface area contributed by atoms with E-state index in [0.717, 1.165) is 12.8 Å². The molecule has 0 saturated heterocycles. The van der Waals surface area contributed by atoms with Crippen LogP contribution in [0.2, 0.25) is 0 Å². The SMILES string of the molecule is CCC(CC)N(C)S(=O)(=O)c1ccc(CNC2CC2)o1. The quantitative estimate of drug-likeness (QED) is 0.800. The van der Waals surface area contributed by atoms with E-state index in [-0.39, 0.29) is 11.1 Å². The summed E-state index contributed by atoms with van der Waals surface area (Å²) in [6.45, 7) is 4.58. The zero-order valence-corrected chi connectivity index (χ0v) is 13.2. The van der Waals surface area contributed by atoms with Crippen molar-refractivity contribution in [2.45, 2.75) is 63.3 Å². The van der Waals surface area contributed by atoms with Crippen LogP contribution in [0.4, 0.5) is 0 Å². The minimum atomic E-state index is -3.53. The largest absolute Gasteiger partial charge is 0.447 e. The average molecular weight is 300 g/mol. The van der Waals surface area contributed by atoms with Crippen LogP contribution in [0.25, 0.3) is 0 Å². The molecule has 0 unspecified atom stereocenters. The number of furan rings is 1. The fourth-order valence-corrected chi connectivity index (χ4v) is 3.69. The summed E-state index contributed by atoms with van der Waals surface area (Å²) in [7, 11) is -1.90.